The third-order valence-electron chi connectivity index (χ3n) is 2.34. The van der Waals surface area contributed by atoms with Gasteiger partial charge in [0.05, 0.1) is 0 Å². The second kappa shape index (κ2) is 4.24. The number of halogens is 1. The van der Waals surface area contributed by atoms with E-state index in [1.807, 2.05) is 0 Å². The largest absolute Gasteiger partial charge is 0.351 e. The molecule has 0 bridgehead atoms. The quantitative estimate of drug-likeness (QED) is 0.786. The Morgan fingerprint density at radius 2 is 2.23 bits per heavy atom. The van der Waals surface area contributed by atoms with Crippen LogP contribution < -0.4 is 11.1 Å². The number of carbonyl (C=O) groups excluding carboxylic acids is 1. The fourth-order valence-electron chi connectivity index (χ4n) is 1.38. The summed E-state index contributed by atoms with van der Waals surface area (Å²) < 4.78 is 0.778. The van der Waals surface area contributed by atoms with Gasteiger partial charge in [0.1, 0.15) is 0 Å². The van der Waals surface area contributed by atoms with Gasteiger partial charge in [-0.1, -0.05) is 22.5 Å². The van der Waals surface area contributed by atoms with E-state index in [2.05, 4.69) is 27.8 Å². The first-order valence-corrected chi connectivity index (χ1v) is 5.20. The number of carbonyl (C=O) groups is 1. The Bertz CT molecular complexity index is 224. The number of hydrogen-bond acceptors (Lipinski definition) is 2. The van der Waals surface area contributed by atoms with E-state index in [1.54, 1.807) is 0 Å². The Labute approximate surface area is 86.9 Å². The molecule has 0 saturated heterocycles. The van der Waals surface area contributed by atoms with Gasteiger partial charge in [0.15, 0.2) is 0 Å². The number of rotatable bonds is 4. The van der Waals surface area contributed by atoms with Crippen LogP contribution in [0.2, 0.25) is 0 Å². The zero-order chi connectivity index (χ0) is 9.90. The minimum absolute atomic E-state index is 0.0165. The molecule has 0 aromatic rings. The first-order valence-electron chi connectivity index (χ1n) is 4.41. The molecule has 0 heterocycles. The highest BCUT2D eigenvalue weighted by Crippen LogP contribution is 2.31. The molecular weight excluding hydrogens is 232 g/mol. The third-order valence-corrected chi connectivity index (χ3v) is 2.62. The van der Waals surface area contributed by atoms with E-state index in [0.29, 0.717) is 13.0 Å². The molecule has 13 heavy (non-hydrogen) atoms. The summed E-state index contributed by atoms with van der Waals surface area (Å²) in [5.41, 5.74) is 5.69. The average molecular weight is 247 g/mol. The van der Waals surface area contributed by atoms with Crippen LogP contribution in [-0.2, 0) is 4.79 Å². The number of nitrogens with two attached hydrogens (primary N) is 1. The van der Waals surface area contributed by atoms with Crippen molar-refractivity contribution in [2.45, 2.75) is 31.2 Å². The number of amides is 1. The molecule has 3 N–H and O–H groups in total. The minimum Gasteiger partial charge on any atom is -0.351 e. The van der Waals surface area contributed by atoms with Gasteiger partial charge in [0, 0.05) is 23.0 Å². The molecule has 1 amide bonds. The third kappa shape index (κ3) is 3.48. The van der Waals surface area contributed by atoms with Crippen LogP contribution in [0.3, 0.4) is 0 Å². The van der Waals surface area contributed by atoms with Gasteiger partial charge in [-0.3, -0.25) is 4.79 Å². The second-order valence-corrected chi connectivity index (χ2v) is 4.81. The molecule has 0 aromatic heterocycles. The van der Waals surface area contributed by atoms with Crippen molar-refractivity contribution in [1.29, 1.82) is 0 Å². The molecule has 74 valence electrons. The van der Waals surface area contributed by atoms with Crippen LogP contribution in [0.4, 0.5) is 0 Å². The summed E-state index contributed by atoms with van der Waals surface area (Å²) in [6.07, 6.45) is 3.52. The summed E-state index contributed by atoms with van der Waals surface area (Å²) in [6, 6.07) is 0. The van der Waals surface area contributed by atoms with Crippen molar-refractivity contribution in [3.8, 4) is 0 Å². The number of hydrogen-bond donors (Lipinski definition) is 2. The van der Waals surface area contributed by atoms with Crippen LogP contribution in [0.25, 0.3) is 0 Å². The average Bonchev–Trinajstić information content (AvgIpc) is 1.98. The van der Waals surface area contributed by atoms with Crippen LogP contribution in [0.5, 0.6) is 0 Å². The van der Waals surface area contributed by atoms with Crippen molar-refractivity contribution in [1.82, 2.24) is 5.32 Å². The molecule has 1 aliphatic rings. The second-order valence-electron chi connectivity index (χ2n) is 3.69. The lowest BCUT2D eigenvalue weighted by atomic mass is 9.75. The topological polar surface area (TPSA) is 55.1 Å². The van der Waals surface area contributed by atoms with Crippen LogP contribution >= 0.6 is 15.9 Å². The summed E-state index contributed by atoms with van der Waals surface area (Å²) in [5, 5.41) is 2.74. The van der Waals surface area contributed by atoms with Gasteiger partial charge in [-0.15, -0.1) is 0 Å². The van der Waals surface area contributed by atoms with E-state index in [-0.39, 0.29) is 11.4 Å². The van der Waals surface area contributed by atoms with Crippen molar-refractivity contribution in [3.63, 3.8) is 0 Å². The van der Waals surface area contributed by atoms with Crippen molar-refractivity contribution < 1.29 is 4.79 Å². The highest BCUT2D eigenvalue weighted by molar-refractivity contribution is 9.11. The molecular formula is C9H15BrN2O. The fraction of sp³-hybridized carbons (Fsp3) is 0.667. The maximum atomic E-state index is 11.3. The first kappa shape index (κ1) is 10.7. The van der Waals surface area contributed by atoms with E-state index in [1.165, 1.54) is 0 Å². The highest BCUT2D eigenvalue weighted by Gasteiger charge is 2.34. The molecule has 0 atom stereocenters. The molecule has 1 aliphatic carbocycles. The van der Waals surface area contributed by atoms with Gasteiger partial charge in [0.25, 0.3) is 0 Å². The van der Waals surface area contributed by atoms with Gasteiger partial charge in [0.2, 0.25) is 5.91 Å². The molecule has 0 radical (unpaired) electrons. The molecule has 1 saturated carbocycles. The smallest absolute Gasteiger partial charge is 0.222 e. The lowest BCUT2D eigenvalue weighted by Crippen LogP contribution is -2.50. The Hall–Kier alpha value is -0.350. The van der Waals surface area contributed by atoms with E-state index < -0.39 is 0 Å². The molecule has 1 rings (SSSR count). The fourth-order valence-corrected chi connectivity index (χ4v) is 1.52. The SMILES string of the molecule is C=C(Br)CNC(=O)CC1(N)CCC1. The molecule has 0 aromatic carbocycles. The van der Waals surface area contributed by atoms with Crippen LogP contribution in [0, 0.1) is 0 Å². The standard InChI is InChI=1S/C9H15BrN2O/c1-7(10)6-12-8(13)5-9(11)3-2-4-9/h1-6,11H2,(H,12,13). The van der Waals surface area contributed by atoms with E-state index in [9.17, 15) is 4.79 Å². The van der Waals surface area contributed by atoms with Gasteiger partial charge in [-0.2, -0.15) is 0 Å². The predicted molar refractivity (Wildman–Crippen MR) is 56.5 cm³/mol. The molecule has 4 heteroatoms. The zero-order valence-electron chi connectivity index (χ0n) is 7.61. The predicted octanol–water partition coefficient (Wildman–Crippen LogP) is 1.28. The summed E-state index contributed by atoms with van der Waals surface area (Å²) in [4.78, 5) is 11.3. The summed E-state index contributed by atoms with van der Waals surface area (Å²) >= 11 is 3.17. The summed E-state index contributed by atoms with van der Waals surface area (Å²) in [5.74, 6) is 0.0165. The Morgan fingerprint density at radius 1 is 1.62 bits per heavy atom. The van der Waals surface area contributed by atoms with Crippen molar-refractivity contribution in [2.75, 3.05) is 6.54 Å². The molecule has 0 aliphatic heterocycles. The normalized spacial score (nSPS) is 18.9. The highest BCUT2D eigenvalue weighted by atomic mass is 79.9. The first-order chi connectivity index (χ1) is 6.02. The lowest BCUT2D eigenvalue weighted by molar-refractivity contribution is -0.122. The van der Waals surface area contributed by atoms with Crippen LogP contribution in [0.1, 0.15) is 25.7 Å². The minimum atomic E-state index is -0.224. The Balaban J connectivity index is 2.21. The maximum absolute atomic E-state index is 11.3. The Kier molecular flexibility index (Phi) is 3.50. The van der Waals surface area contributed by atoms with Crippen molar-refractivity contribution >= 4 is 21.8 Å². The maximum Gasteiger partial charge on any atom is 0.222 e. The van der Waals surface area contributed by atoms with Crippen molar-refractivity contribution in [3.05, 3.63) is 11.1 Å². The van der Waals surface area contributed by atoms with Gasteiger partial charge < -0.3 is 11.1 Å². The van der Waals surface area contributed by atoms with E-state index >= 15 is 0 Å². The van der Waals surface area contributed by atoms with Gasteiger partial charge in [-0.05, 0) is 19.3 Å². The summed E-state index contributed by atoms with van der Waals surface area (Å²) in [6.45, 7) is 4.11. The van der Waals surface area contributed by atoms with Crippen LogP contribution in [-0.4, -0.2) is 18.0 Å². The molecule has 0 unspecified atom stereocenters. The molecule has 0 spiro atoms. The molecule has 3 nitrogen and oxygen atoms in total. The Morgan fingerprint density at radius 3 is 2.62 bits per heavy atom. The lowest BCUT2D eigenvalue weighted by Gasteiger charge is -2.37. The summed E-state index contributed by atoms with van der Waals surface area (Å²) in [7, 11) is 0. The van der Waals surface area contributed by atoms with Gasteiger partial charge in [-0.25, -0.2) is 0 Å². The van der Waals surface area contributed by atoms with Gasteiger partial charge >= 0.3 is 0 Å². The molecule has 1 fully saturated rings. The van der Waals surface area contributed by atoms with E-state index in [4.69, 9.17) is 5.73 Å². The van der Waals surface area contributed by atoms with Crippen LogP contribution in [0.15, 0.2) is 11.1 Å². The van der Waals surface area contributed by atoms with Crippen molar-refractivity contribution in [2.24, 2.45) is 5.73 Å². The monoisotopic (exact) mass is 246 g/mol. The van der Waals surface area contributed by atoms with E-state index in [0.717, 1.165) is 23.7 Å². The zero-order valence-corrected chi connectivity index (χ0v) is 9.19. The number of nitrogens with one attached hydrogen (secondary N) is 1.